The third-order valence-electron chi connectivity index (χ3n) is 5.35. The molecule has 0 bridgehead atoms. The summed E-state index contributed by atoms with van der Waals surface area (Å²) in [5.41, 5.74) is 2.46. The first-order valence-electron chi connectivity index (χ1n) is 11.2. The summed E-state index contributed by atoms with van der Waals surface area (Å²) < 4.78 is 31.6. The monoisotopic (exact) mass is 481 g/mol. The zero-order valence-electron chi connectivity index (χ0n) is 19.8. The summed E-state index contributed by atoms with van der Waals surface area (Å²) in [5, 5.41) is 2.81. The average Bonchev–Trinajstić information content (AvgIpc) is 2.83. The molecule has 0 radical (unpaired) electrons. The lowest BCUT2D eigenvalue weighted by Crippen LogP contribution is -2.40. The molecule has 1 N–H and O–H groups in total. The number of nitrogens with zero attached hydrogens (tertiary/aromatic N) is 2. The van der Waals surface area contributed by atoms with Gasteiger partial charge in [0.1, 0.15) is 18.0 Å². The molecule has 0 aliphatic carbocycles. The maximum Gasteiger partial charge on any atom is 0.241 e. The summed E-state index contributed by atoms with van der Waals surface area (Å²) in [6.07, 6.45) is 1.08. The van der Waals surface area contributed by atoms with Gasteiger partial charge in [-0.25, -0.2) is 8.42 Å². The van der Waals surface area contributed by atoms with Crippen LogP contribution in [0.4, 0.5) is 11.4 Å². The number of hydrogen-bond donors (Lipinski definition) is 1. The Hall–Kier alpha value is -3.52. The van der Waals surface area contributed by atoms with Crippen molar-refractivity contribution >= 4 is 27.3 Å². The lowest BCUT2D eigenvalue weighted by atomic mass is 10.2. The molecule has 1 amide bonds. The molecule has 0 fully saturated rings. The highest BCUT2D eigenvalue weighted by atomic mass is 32.2. The predicted molar refractivity (Wildman–Crippen MR) is 137 cm³/mol. The minimum absolute atomic E-state index is 0.310. The number of anilines is 2. The van der Waals surface area contributed by atoms with Crippen LogP contribution >= 0.6 is 0 Å². The second kappa shape index (κ2) is 11.6. The maximum atomic E-state index is 12.6. The highest BCUT2D eigenvalue weighted by molar-refractivity contribution is 7.92. The van der Waals surface area contributed by atoms with E-state index in [-0.39, 0.29) is 12.5 Å². The van der Waals surface area contributed by atoms with Gasteiger partial charge in [-0.05, 0) is 67.9 Å². The molecule has 3 aromatic carbocycles. The molecule has 0 atom stereocenters. The Morgan fingerprint density at radius 3 is 1.94 bits per heavy atom. The van der Waals surface area contributed by atoms with E-state index in [4.69, 9.17) is 4.74 Å². The van der Waals surface area contributed by atoms with Crippen molar-refractivity contribution in [2.45, 2.75) is 20.4 Å². The van der Waals surface area contributed by atoms with Gasteiger partial charge in [-0.2, -0.15) is 0 Å². The largest absolute Gasteiger partial charge is 0.457 e. The van der Waals surface area contributed by atoms with Crippen LogP contribution in [0.5, 0.6) is 11.5 Å². The van der Waals surface area contributed by atoms with Gasteiger partial charge in [0.2, 0.25) is 15.9 Å². The molecule has 0 saturated carbocycles. The predicted octanol–water partition coefficient (Wildman–Crippen LogP) is 4.41. The van der Waals surface area contributed by atoms with Crippen LogP contribution in [0.3, 0.4) is 0 Å². The summed E-state index contributed by atoms with van der Waals surface area (Å²) in [7, 11) is -3.66. The number of ether oxygens (including phenoxy) is 1. The summed E-state index contributed by atoms with van der Waals surface area (Å²) in [5.74, 6) is 0.864. The van der Waals surface area contributed by atoms with Crippen LogP contribution < -0.4 is 19.3 Å². The molecule has 0 spiro atoms. The molecule has 0 unspecified atom stereocenters. The third-order valence-corrected chi connectivity index (χ3v) is 6.49. The van der Waals surface area contributed by atoms with Gasteiger partial charge in [-0.15, -0.1) is 0 Å². The van der Waals surface area contributed by atoms with Gasteiger partial charge in [-0.3, -0.25) is 9.10 Å². The Kier molecular flexibility index (Phi) is 8.54. The van der Waals surface area contributed by atoms with Crippen molar-refractivity contribution in [2.75, 3.05) is 35.1 Å². The number of rotatable bonds is 11. The zero-order valence-corrected chi connectivity index (χ0v) is 20.6. The number of sulfonamides is 1. The molecular weight excluding hydrogens is 450 g/mol. The molecule has 180 valence electrons. The topological polar surface area (TPSA) is 79.0 Å². The van der Waals surface area contributed by atoms with E-state index < -0.39 is 10.0 Å². The molecule has 0 aliphatic heterocycles. The van der Waals surface area contributed by atoms with Crippen LogP contribution in [0, 0.1) is 0 Å². The van der Waals surface area contributed by atoms with Gasteiger partial charge in [0.05, 0.1) is 11.9 Å². The molecule has 3 aromatic rings. The van der Waals surface area contributed by atoms with Gasteiger partial charge in [0.15, 0.2) is 0 Å². The first-order valence-corrected chi connectivity index (χ1v) is 13.1. The maximum absolute atomic E-state index is 12.6. The van der Waals surface area contributed by atoms with Crippen molar-refractivity contribution in [3.63, 3.8) is 0 Å². The van der Waals surface area contributed by atoms with E-state index in [1.54, 1.807) is 24.3 Å². The number of amides is 1. The van der Waals surface area contributed by atoms with E-state index in [1.807, 2.05) is 54.6 Å². The number of carbonyl (C=O) groups excluding carboxylic acids is 1. The molecule has 0 aliphatic rings. The quantitative estimate of drug-likeness (QED) is 0.439. The van der Waals surface area contributed by atoms with Gasteiger partial charge >= 0.3 is 0 Å². The first kappa shape index (κ1) is 25.1. The lowest BCUT2D eigenvalue weighted by Gasteiger charge is -2.22. The van der Waals surface area contributed by atoms with Crippen molar-refractivity contribution in [3.8, 4) is 11.5 Å². The van der Waals surface area contributed by atoms with Gasteiger partial charge < -0.3 is 15.0 Å². The van der Waals surface area contributed by atoms with Gasteiger partial charge in [0.25, 0.3) is 0 Å². The number of para-hydroxylation sites is 1. The molecule has 0 aromatic heterocycles. The van der Waals surface area contributed by atoms with Crippen molar-refractivity contribution in [3.05, 3.63) is 84.4 Å². The fraction of sp³-hybridized carbons (Fsp3) is 0.269. The van der Waals surface area contributed by atoms with Crippen molar-refractivity contribution in [1.29, 1.82) is 0 Å². The van der Waals surface area contributed by atoms with E-state index in [2.05, 4.69) is 24.1 Å². The molecule has 34 heavy (non-hydrogen) atoms. The standard InChI is InChI=1S/C26H31N3O4S/c1-4-28(5-2)22-13-11-21(12-14-22)19-27-26(30)20-29(34(3,31)32)23-15-17-25(18-16-23)33-24-9-7-6-8-10-24/h6-18H,4-5,19-20H2,1-3H3,(H,27,30). The Morgan fingerprint density at radius 1 is 0.824 bits per heavy atom. The highest BCUT2D eigenvalue weighted by Gasteiger charge is 2.21. The summed E-state index contributed by atoms with van der Waals surface area (Å²) in [6.45, 7) is 6.07. The Bertz CT molecular complexity index is 1160. The van der Waals surface area contributed by atoms with Crippen LogP contribution in [0.2, 0.25) is 0 Å². The third kappa shape index (κ3) is 6.99. The summed E-state index contributed by atoms with van der Waals surface area (Å²) in [6, 6.07) is 23.9. The van der Waals surface area contributed by atoms with Crippen LogP contribution in [-0.2, 0) is 21.4 Å². The summed E-state index contributed by atoms with van der Waals surface area (Å²) >= 11 is 0. The molecule has 0 saturated heterocycles. The number of hydrogen-bond acceptors (Lipinski definition) is 5. The van der Waals surface area contributed by atoms with Crippen molar-refractivity contribution in [1.82, 2.24) is 5.32 Å². The first-order chi connectivity index (χ1) is 16.3. The van der Waals surface area contributed by atoms with Crippen LogP contribution in [-0.4, -0.2) is 40.2 Å². The van der Waals surface area contributed by atoms with E-state index in [9.17, 15) is 13.2 Å². The highest BCUT2D eigenvalue weighted by Crippen LogP contribution is 2.25. The molecule has 8 heteroatoms. The van der Waals surface area contributed by atoms with Crippen LogP contribution in [0.25, 0.3) is 0 Å². The van der Waals surface area contributed by atoms with E-state index >= 15 is 0 Å². The smallest absolute Gasteiger partial charge is 0.241 e. The SMILES string of the molecule is CCN(CC)c1ccc(CNC(=O)CN(c2ccc(Oc3ccccc3)cc2)S(C)(=O)=O)cc1. The van der Waals surface area contributed by atoms with E-state index in [0.717, 1.165) is 34.9 Å². The molecule has 0 heterocycles. The minimum atomic E-state index is -3.66. The van der Waals surface area contributed by atoms with Crippen molar-refractivity contribution in [2.24, 2.45) is 0 Å². The number of carbonyl (C=O) groups is 1. The second-order valence-electron chi connectivity index (χ2n) is 7.79. The van der Waals surface area contributed by atoms with Gasteiger partial charge in [-0.1, -0.05) is 30.3 Å². The van der Waals surface area contributed by atoms with Crippen LogP contribution in [0.15, 0.2) is 78.9 Å². The summed E-state index contributed by atoms with van der Waals surface area (Å²) in [4.78, 5) is 14.8. The number of benzene rings is 3. The molecule has 7 nitrogen and oxygen atoms in total. The minimum Gasteiger partial charge on any atom is -0.457 e. The Balaban J connectivity index is 1.62. The van der Waals surface area contributed by atoms with E-state index in [0.29, 0.717) is 23.7 Å². The lowest BCUT2D eigenvalue weighted by molar-refractivity contribution is -0.119. The van der Waals surface area contributed by atoms with Crippen molar-refractivity contribution < 1.29 is 17.9 Å². The zero-order chi connectivity index (χ0) is 24.6. The molecule has 3 rings (SSSR count). The second-order valence-corrected chi connectivity index (χ2v) is 9.70. The van der Waals surface area contributed by atoms with Gasteiger partial charge in [0, 0.05) is 25.3 Å². The average molecular weight is 482 g/mol. The van der Waals surface area contributed by atoms with Crippen LogP contribution in [0.1, 0.15) is 19.4 Å². The van der Waals surface area contributed by atoms with E-state index in [1.165, 1.54) is 0 Å². The fourth-order valence-corrected chi connectivity index (χ4v) is 4.36. The Labute approximate surface area is 202 Å². The number of nitrogens with one attached hydrogen (secondary N) is 1. The Morgan fingerprint density at radius 2 is 1.38 bits per heavy atom. The molecular formula is C26H31N3O4S. The normalized spacial score (nSPS) is 11.0. The fourth-order valence-electron chi connectivity index (χ4n) is 3.51.